The molecule has 1 aliphatic rings. The number of nitrogens with zero attached hydrogens (tertiary/aromatic N) is 2. The Kier molecular flexibility index (Phi) is 4.37. The van der Waals surface area contributed by atoms with Gasteiger partial charge < -0.3 is 10.6 Å². The van der Waals surface area contributed by atoms with Crippen molar-refractivity contribution in [2.75, 3.05) is 11.4 Å². The maximum absolute atomic E-state index is 5.82. The molecule has 0 amide bonds. The fourth-order valence-electron chi connectivity index (χ4n) is 2.78. The van der Waals surface area contributed by atoms with Gasteiger partial charge in [-0.2, -0.15) is 0 Å². The van der Waals surface area contributed by atoms with Crippen molar-refractivity contribution >= 4 is 5.69 Å². The van der Waals surface area contributed by atoms with Crippen LogP contribution >= 0.6 is 0 Å². The van der Waals surface area contributed by atoms with Gasteiger partial charge in [-0.05, 0) is 25.3 Å². The highest BCUT2D eigenvalue weighted by molar-refractivity contribution is 5.53. The Morgan fingerprint density at radius 2 is 2.29 bits per heavy atom. The zero-order valence-electron chi connectivity index (χ0n) is 10.7. The van der Waals surface area contributed by atoms with Crippen molar-refractivity contribution in [3.63, 3.8) is 0 Å². The van der Waals surface area contributed by atoms with Gasteiger partial charge in [-0.25, -0.2) is 0 Å². The molecule has 3 heteroatoms. The molecule has 0 aliphatic carbocycles. The summed E-state index contributed by atoms with van der Waals surface area (Å²) in [5.74, 6) is 0. The third-order valence-electron chi connectivity index (χ3n) is 3.76. The molecule has 17 heavy (non-hydrogen) atoms. The first-order valence-corrected chi connectivity index (χ1v) is 6.76. The van der Waals surface area contributed by atoms with Crippen molar-refractivity contribution in [1.82, 2.24) is 4.98 Å². The van der Waals surface area contributed by atoms with E-state index >= 15 is 0 Å². The van der Waals surface area contributed by atoms with Crippen LogP contribution in [0.25, 0.3) is 0 Å². The minimum Gasteiger partial charge on any atom is -0.368 e. The van der Waals surface area contributed by atoms with Crippen molar-refractivity contribution in [3.05, 3.63) is 24.0 Å². The first-order chi connectivity index (χ1) is 8.36. The Labute approximate surface area is 104 Å². The summed E-state index contributed by atoms with van der Waals surface area (Å²) in [5, 5.41) is 0. The van der Waals surface area contributed by atoms with Gasteiger partial charge in [-0.15, -0.1) is 0 Å². The van der Waals surface area contributed by atoms with Crippen molar-refractivity contribution in [2.24, 2.45) is 5.73 Å². The average molecular weight is 233 g/mol. The van der Waals surface area contributed by atoms with Crippen LogP contribution in [0.2, 0.25) is 0 Å². The predicted octanol–water partition coefficient (Wildman–Crippen LogP) is 2.70. The largest absolute Gasteiger partial charge is 0.368 e. The van der Waals surface area contributed by atoms with Gasteiger partial charge in [0.05, 0.1) is 0 Å². The van der Waals surface area contributed by atoms with E-state index in [2.05, 4.69) is 22.9 Å². The Bertz CT molecular complexity index is 351. The third-order valence-corrected chi connectivity index (χ3v) is 3.76. The summed E-state index contributed by atoms with van der Waals surface area (Å²) >= 11 is 0. The van der Waals surface area contributed by atoms with Crippen molar-refractivity contribution in [3.8, 4) is 0 Å². The summed E-state index contributed by atoms with van der Waals surface area (Å²) in [6.07, 6.45) is 10.3. The lowest BCUT2D eigenvalue weighted by atomic mass is 10.1. The van der Waals surface area contributed by atoms with E-state index in [1.165, 1.54) is 43.4 Å². The molecule has 1 aliphatic heterocycles. The number of anilines is 1. The molecule has 1 aromatic heterocycles. The first-order valence-electron chi connectivity index (χ1n) is 6.76. The monoisotopic (exact) mass is 233 g/mol. The highest BCUT2D eigenvalue weighted by Crippen LogP contribution is 2.27. The first kappa shape index (κ1) is 12.4. The molecule has 2 N–H and O–H groups in total. The van der Waals surface area contributed by atoms with Crippen molar-refractivity contribution in [2.45, 2.75) is 51.6 Å². The number of pyridine rings is 1. The molecular weight excluding hydrogens is 210 g/mol. The smallest absolute Gasteiger partial charge is 0.0445 e. The van der Waals surface area contributed by atoms with E-state index < -0.39 is 0 Å². The van der Waals surface area contributed by atoms with Gasteiger partial charge in [-0.1, -0.05) is 19.8 Å². The minimum atomic E-state index is 0.579. The lowest BCUT2D eigenvalue weighted by Gasteiger charge is -2.32. The van der Waals surface area contributed by atoms with Gasteiger partial charge in [0.2, 0.25) is 0 Å². The van der Waals surface area contributed by atoms with E-state index in [0.717, 1.165) is 6.54 Å². The van der Waals surface area contributed by atoms with Gasteiger partial charge in [0.15, 0.2) is 0 Å². The number of hydrogen-bond acceptors (Lipinski definition) is 3. The number of nitrogens with two attached hydrogens (primary N) is 1. The van der Waals surface area contributed by atoms with Crippen molar-refractivity contribution < 1.29 is 0 Å². The van der Waals surface area contributed by atoms with Crippen LogP contribution in [0.4, 0.5) is 5.69 Å². The molecule has 2 heterocycles. The quantitative estimate of drug-likeness (QED) is 0.872. The molecule has 1 fully saturated rings. The predicted molar refractivity (Wildman–Crippen MR) is 72.0 cm³/mol. The third kappa shape index (κ3) is 2.78. The van der Waals surface area contributed by atoms with Crippen LogP contribution in [0.1, 0.15) is 44.6 Å². The fourth-order valence-corrected chi connectivity index (χ4v) is 2.78. The molecular formula is C14H23N3. The molecule has 1 saturated heterocycles. The Morgan fingerprint density at radius 1 is 1.41 bits per heavy atom. The molecule has 0 saturated carbocycles. The number of hydrogen-bond donors (Lipinski definition) is 1. The summed E-state index contributed by atoms with van der Waals surface area (Å²) in [6, 6.07) is 2.79. The maximum atomic E-state index is 5.82. The summed E-state index contributed by atoms with van der Waals surface area (Å²) < 4.78 is 0. The van der Waals surface area contributed by atoms with Gasteiger partial charge in [-0.3, -0.25) is 4.98 Å². The van der Waals surface area contributed by atoms with Crippen LogP contribution in [-0.4, -0.2) is 17.6 Å². The van der Waals surface area contributed by atoms with E-state index in [-0.39, 0.29) is 0 Å². The molecule has 0 bridgehead atoms. The summed E-state index contributed by atoms with van der Waals surface area (Å²) in [5.41, 5.74) is 8.29. The van der Waals surface area contributed by atoms with Gasteiger partial charge in [0, 0.05) is 42.8 Å². The van der Waals surface area contributed by atoms with Crippen LogP contribution < -0.4 is 10.6 Å². The summed E-state index contributed by atoms with van der Waals surface area (Å²) in [7, 11) is 0. The molecule has 94 valence electrons. The van der Waals surface area contributed by atoms with Gasteiger partial charge in [0.25, 0.3) is 0 Å². The molecule has 2 rings (SSSR count). The van der Waals surface area contributed by atoms with Crippen molar-refractivity contribution in [1.29, 1.82) is 0 Å². The topological polar surface area (TPSA) is 42.2 Å². The van der Waals surface area contributed by atoms with Gasteiger partial charge in [0.1, 0.15) is 0 Å². The standard InChI is InChI=1S/C14H23N3/c1-2-13-6-4-3-5-9-17(13)14-7-8-16-11-12(14)10-15/h7-8,11,13H,2-6,9-10,15H2,1H3. The van der Waals surface area contributed by atoms with E-state index in [4.69, 9.17) is 5.73 Å². The van der Waals surface area contributed by atoms with E-state index in [1.54, 1.807) is 0 Å². The zero-order valence-corrected chi connectivity index (χ0v) is 10.7. The number of aromatic nitrogens is 1. The second kappa shape index (κ2) is 6.01. The van der Waals surface area contributed by atoms with E-state index in [0.29, 0.717) is 12.6 Å². The molecule has 1 unspecified atom stereocenters. The normalized spacial score (nSPS) is 21.3. The van der Waals surface area contributed by atoms with Crippen LogP contribution in [-0.2, 0) is 6.54 Å². The summed E-state index contributed by atoms with van der Waals surface area (Å²) in [4.78, 5) is 6.73. The fraction of sp³-hybridized carbons (Fsp3) is 0.643. The Morgan fingerprint density at radius 3 is 3.06 bits per heavy atom. The Balaban J connectivity index is 2.28. The zero-order chi connectivity index (χ0) is 12.1. The van der Waals surface area contributed by atoms with Gasteiger partial charge >= 0.3 is 0 Å². The Hall–Kier alpha value is -1.09. The highest BCUT2D eigenvalue weighted by Gasteiger charge is 2.21. The van der Waals surface area contributed by atoms with Crippen LogP contribution in [0, 0.1) is 0 Å². The van der Waals surface area contributed by atoms with E-state index in [9.17, 15) is 0 Å². The minimum absolute atomic E-state index is 0.579. The second-order valence-corrected chi connectivity index (χ2v) is 4.81. The second-order valence-electron chi connectivity index (χ2n) is 4.81. The highest BCUT2D eigenvalue weighted by atomic mass is 15.2. The average Bonchev–Trinajstić information content (AvgIpc) is 2.63. The maximum Gasteiger partial charge on any atom is 0.0445 e. The molecule has 0 aromatic carbocycles. The molecule has 1 atom stereocenters. The number of rotatable bonds is 3. The molecule has 0 radical (unpaired) electrons. The van der Waals surface area contributed by atoms with Crippen LogP contribution in [0.3, 0.4) is 0 Å². The van der Waals surface area contributed by atoms with Crippen LogP contribution in [0.5, 0.6) is 0 Å². The lowest BCUT2D eigenvalue weighted by molar-refractivity contribution is 0.554. The SMILES string of the molecule is CCC1CCCCCN1c1ccncc1CN. The summed E-state index contributed by atoms with van der Waals surface area (Å²) in [6.45, 7) is 4.03. The lowest BCUT2D eigenvalue weighted by Crippen LogP contribution is -2.35. The molecule has 0 spiro atoms. The van der Waals surface area contributed by atoms with E-state index in [1.807, 2.05) is 12.4 Å². The molecule has 1 aromatic rings. The van der Waals surface area contributed by atoms with Crippen LogP contribution in [0.15, 0.2) is 18.5 Å². The molecule has 3 nitrogen and oxygen atoms in total.